The highest BCUT2D eigenvalue weighted by atomic mass is 32.2. The summed E-state index contributed by atoms with van der Waals surface area (Å²) < 4.78 is 0. The normalized spacial score (nSPS) is 12.9. The number of thioether (sulfide) groups is 1. The highest BCUT2D eigenvalue weighted by Gasteiger charge is 2.04. The van der Waals surface area contributed by atoms with E-state index in [0.29, 0.717) is 5.92 Å². The van der Waals surface area contributed by atoms with Gasteiger partial charge in [-0.15, -0.1) is 11.8 Å². The summed E-state index contributed by atoms with van der Waals surface area (Å²) in [7, 11) is 0. The van der Waals surface area contributed by atoms with E-state index in [4.69, 9.17) is 5.73 Å². The van der Waals surface area contributed by atoms with Gasteiger partial charge >= 0.3 is 0 Å². The molecule has 13 heavy (non-hydrogen) atoms. The van der Waals surface area contributed by atoms with E-state index in [0.717, 1.165) is 6.54 Å². The maximum atomic E-state index is 5.63. The van der Waals surface area contributed by atoms with Crippen LogP contribution in [0.2, 0.25) is 0 Å². The molecule has 0 saturated carbocycles. The topological polar surface area (TPSA) is 26.0 Å². The minimum Gasteiger partial charge on any atom is -0.330 e. The minimum absolute atomic E-state index is 0.464. The fraction of sp³-hybridized carbons (Fsp3) is 0.455. The highest BCUT2D eigenvalue weighted by molar-refractivity contribution is 7.98. The van der Waals surface area contributed by atoms with E-state index < -0.39 is 0 Å². The van der Waals surface area contributed by atoms with Gasteiger partial charge in [-0.05, 0) is 42.8 Å². The van der Waals surface area contributed by atoms with Crippen LogP contribution >= 0.6 is 11.8 Å². The van der Waals surface area contributed by atoms with Gasteiger partial charge in [0.15, 0.2) is 0 Å². The van der Waals surface area contributed by atoms with Crippen molar-refractivity contribution in [3.05, 3.63) is 29.3 Å². The van der Waals surface area contributed by atoms with Gasteiger partial charge in [0, 0.05) is 4.90 Å². The molecular weight excluding hydrogens is 178 g/mol. The van der Waals surface area contributed by atoms with E-state index in [1.54, 1.807) is 11.8 Å². The van der Waals surface area contributed by atoms with Crippen LogP contribution in [0.4, 0.5) is 0 Å². The van der Waals surface area contributed by atoms with Crippen molar-refractivity contribution in [2.24, 2.45) is 5.73 Å². The van der Waals surface area contributed by atoms with Crippen LogP contribution in [0.25, 0.3) is 0 Å². The zero-order valence-corrected chi connectivity index (χ0v) is 9.32. The van der Waals surface area contributed by atoms with Crippen LogP contribution in [0.5, 0.6) is 0 Å². The Bertz CT molecular complexity index is 283. The van der Waals surface area contributed by atoms with Gasteiger partial charge in [0.25, 0.3) is 0 Å². The van der Waals surface area contributed by atoms with Gasteiger partial charge in [-0.1, -0.05) is 19.1 Å². The van der Waals surface area contributed by atoms with E-state index in [-0.39, 0.29) is 0 Å². The molecule has 0 aliphatic rings. The van der Waals surface area contributed by atoms with Crippen LogP contribution in [0.1, 0.15) is 24.0 Å². The summed E-state index contributed by atoms with van der Waals surface area (Å²) in [5, 5.41) is 0. The predicted molar refractivity (Wildman–Crippen MR) is 60.4 cm³/mol. The SMILES string of the molecule is CSc1cc(C(C)CN)ccc1C. The van der Waals surface area contributed by atoms with E-state index in [2.05, 4.69) is 38.3 Å². The molecule has 0 fully saturated rings. The van der Waals surface area contributed by atoms with Gasteiger partial charge in [-0.2, -0.15) is 0 Å². The number of aryl methyl sites for hydroxylation is 1. The van der Waals surface area contributed by atoms with Gasteiger partial charge in [-0.25, -0.2) is 0 Å². The first kappa shape index (κ1) is 10.6. The average Bonchev–Trinajstić information content (AvgIpc) is 2.17. The van der Waals surface area contributed by atoms with Crippen molar-refractivity contribution in [3.8, 4) is 0 Å². The number of hydrogen-bond donors (Lipinski definition) is 1. The van der Waals surface area contributed by atoms with Crippen molar-refractivity contribution in [1.82, 2.24) is 0 Å². The summed E-state index contributed by atoms with van der Waals surface area (Å²) in [5.41, 5.74) is 8.32. The Labute approximate surface area is 84.7 Å². The van der Waals surface area contributed by atoms with Crippen molar-refractivity contribution in [3.63, 3.8) is 0 Å². The molecule has 0 bridgehead atoms. The molecule has 1 unspecified atom stereocenters. The monoisotopic (exact) mass is 195 g/mol. The zero-order valence-electron chi connectivity index (χ0n) is 8.50. The fourth-order valence-corrected chi connectivity index (χ4v) is 1.92. The van der Waals surface area contributed by atoms with Crippen LogP contribution in [-0.2, 0) is 0 Å². The van der Waals surface area contributed by atoms with Gasteiger partial charge in [-0.3, -0.25) is 0 Å². The first-order valence-corrected chi connectivity index (χ1v) is 5.76. The second-order valence-corrected chi connectivity index (χ2v) is 4.21. The van der Waals surface area contributed by atoms with Crippen molar-refractivity contribution in [2.75, 3.05) is 12.8 Å². The average molecular weight is 195 g/mol. The van der Waals surface area contributed by atoms with Gasteiger partial charge < -0.3 is 5.73 Å². The number of nitrogens with two attached hydrogens (primary N) is 1. The van der Waals surface area contributed by atoms with Gasteiger partial charge in [0.2, 0.25) is 0 Å². The summed E-state index contributed by atoms with van der Waals surface area (Å²) in [6.07, 6.45) is 2.11. The minimum atomic E-state index is 0.464. The van der Waals surface area contributed by atoms with E-state index in [9.17, 15) is 0 Å². The molecule has 1 nitrogen and oxygen atoms in total. The Morgan fingerprint density at radius 2 is 2.15 bits per heavy atom. The van der Waals surface area contributed by atoms with E-state index in [1.807, 2.05) is 0 Å². The maximum Gasteiger partial charge on any atom is 0.0101 e. The lowest BCUT2D eigenvalue weighted by Crippen LogP contribution is -2.08. The van der Waals surface area contributed by atoms with Crippen LogP contribution < -0.4 is 5.73 Å². The Kier molecular flexibility index (Phi) is 3.82. The smallest absolute Gasteiger partial charge is 0.0101 e. The van der Waals surface area contributed by atoms with E-state index >= 15 is 0 Å². The summed E-state index contributed by atoms with van der Waals surface area (Å²) in [6, 6.07) is 6.59. The number of rotatable bonds is 3. The fourth-order valence-electron chi connectivity index (χ4n) is 1.28. The maximum absolute atomic E-state index is 5.63. The Morgan fingerprint density at radius 1 is 1.46 bits per heavy atom. The standard InChI is InChI=1S/C11H17NS/c1-8-4-5-10(9(2)7-12)6-11(8)13-3/h4-6,9H,7,12H2,1-3H3. The Balaban J connectivity index is 2.99. The number of hydrogen-bond acceptors (Lipinski definition) is 2. The summed E-state index contributed by atoms with van der Waals surface area (Å²) >= 11 is 1.80. The first-order chi connectivity index (χ1) is 6.19. The molecule has 0 spiro atoms. The molecule has 1 rings (SSSR count). The largest absolute Gasteiger partial charge is 0.330 e. The molecule has 1 aromatic carbocycles. The molecule has 1 aromatic rings. The second kappa shape index (κ2) is 4.68. The first-order valence-electron chi connectivity index (χ1n) is 4.53. The molecule has 0 radical (unpaired) electrons. The molecule has 2 N–H and O–H groups in total. The van der Waals surface area contributed by atoms with E-state index in [1.165, 1.54) is 16.0 Å². The lowest BCUT2D eigenvalue weighted by Gasteiger charge is -2.11. The third-order valence-electron chi connectivity index (χ3n) is 2.35. The van der Waals surface area contributed by atoms with Crippen molar-refractivity contribution < 1.29 is 0 Å². The van der Waals surface area contributed by atoms with Crippen molar-refractivity contribution in [1.29, 1.82) is 0 Å². The van der Waals surface area contributed by atoms with Crippen LogP contribution in [0.15, 0.2) is 23.1 Å². The molecule has 0 aromatic heterocycles. The Morgan fingerprint density at radius 3 is 2.69 bits per heavy atom. The van der Waals surface area contributed by atoms with Gasteiger partial charge in [0.1, 0.15) is 0 Å². The summed E-state index contributed by atoms with van der Waals surface area (Å²) in [5.74, 6) is 0.464. The van der Waals surface area contributed by atoms with Crippen molar-refractivity contribution >= 4 is 11.8 Å². The summed E-state index contributed by atoms with van der Waals surface area (Å²) in [4.78, 5) is 1.36. The van der Waals surface area contributed by atoms with Crippen molar-refractivity contribution in [2.45, 2.75) is 24.7 Å². The lowest BCUT2D eigenvalue weighted by molar-refractivity contribution is 0.771. The third kappa shape index (κ3) is 2.48. The molecule has 0 heterocycles. The quantitative estimate of drug-likeness (QED) is 0.751. The second-order valence-electron chi connectivity index (χ2n) is 3.37. The number of benzene rings is 1. The zero-order chi connectivity index (χ0) is 9.84. The van der Waals surface area contributed by atoms with Crippen LogP contribution in [0.3, 0.4) is 0 Å². The highest BCUT2D eigenvalue weighted by Crippen LogP contribution is 2.24. The molecule has 0 amide bonds. The molecular formula is C11H17NS. The lowest BCUT2D eigenvalue weighted by atomic mass is 10.0. The molecule has 72 valence electrons. The molecule has 1 atom stereocenters. The van der Waals surface area contributed by atoms with Gasteiger partial charge in [0.05, 0.1) is 0 Å². The Hall–Kier alpha value is -0.470. The van der Waals surface area contributed by atoms with Crippen LogP contribution in [0, 0.1) is 6.92 Å². The molecule has 0 saturated heterocycles. The molecule has 2 heteroatoms. The molecule has 0 aliphatic carbocycles. The predicted octanol–water partition coefficient (Wildman–Crippen LogP) is 2.78. The van der Waals surface area contributed by atoms with Crippen LogP contribution in [-0.4, -0.2) is 12.8 Å². The third-order valence-corrected chi connectivity index (χ3v) is 3.23. The molecule has 0 aliphatic heterocycles. The summed E-state index contributed by atoms with van der Waals surface area (Å²) in [6.45, 7) is 5.02.